The molecule has 0 amide bonds. The van der Waals surface area contributed by atoms with Crippen molar-refractivity contribution in [2.75, 3.05) is 13.1 Å². The highest BCUT2D eigenvalue weighted by molar-refractivity contribution is 9.10. The van der Waals surface area contributed by atoms with Crippen LogP contribution in [-0.2, 0) is 6.42 Å². The van der Waals surface area contributed by atoms with Gasteiger partial charge in [0.1, 0.15) is 0 Å². The first-order valence-corrected chi connectivity index (χ1v) is 8.88. The van der Waals surface area contributed by atoms with Gasteiger partial charge in [-0.05, 0) is 68.3 Å². The lowest BCUT2D eigenvalue weighted by Gasteiger charge is -2.32. The van der Waals surface area contributed by atoms with Crippen LogP contribution in [0, 0.1) is 0 Å². The van der Waals surface area contributed by atoms with Crippen molar-refractivity contribution in [3.8, 4) is 0 Å². The van der Waals surface area contributed by atoms with E-state index in [1.54, 1.807) is 11.1 Å². The predicted molar refractivity (Wildman–Crippen MR) is 86.0 cm³/mol. The Morgan fingerprint density at radius 2 is 2.10 bits per heavy atom. The number of aryl methyl sites for hydroxylation is 1. The van der Waals surface area contributed by atoms with Crippen LogP contribution in [0.4, 0.5) is 0 Å². The van der Waals surface area contributed by atoms with E-state index in [9.17, 15) is 0 Å². The van der Waals surface area contributed by atoms with E-state index in [1.165, 1.54) is 56.1 Å². The second kappa shape index (κ2) is 5.43. The molecular weight excluding hydrogens is 312 g/mol. The molecule has 20 heavy (non-hydrogen) atoms. The van der Waals surface area contributed by atoms with Gasteiger partial charge in [-0.25, -0.2) is 0 Å². The zero-order valence-corrected chi connectivity index (χ0v) is 13.5. The van der Waals surface area contributed by atoms with Crippen LogP contribution in [-0.4, -0.2) is 30.1 Å². The molecule has 1 saturated heterocycles. The SMILES string of the molecule is Brc1ccc2c(c1)CCC2N(CC1CCCN1)C1CC1. The van der Waals surface area contributed by atoms with Gasteiger partial charge in [-0.1, -0.05) is 22.0 Å². The van der Waals surface area contributed by atoms with Crippen LogP contribution in [0.25, 0.3) is 0 Å². The average Bonchev–Trinajstić information content (AvgIpc) is 3.00. The van der Waals surface area contributed by atoms with Crippen molar-refractivity contribution < 1.29 is 0 Å². The normalized spacial score (nSPS) is 29.1. The summed E-state index contributed by atoms with van der Waals surface area (Å²) in [6, 6.07) is 9.17. The minimum absolute atomic E-state index is 0.674. The van der Waals surface area contributed by atoms with E-state index in [-0.39, 0.29) is 0 Å². The van der Waals surface area contributed by atoms with E-state index in [1.807, 2.05) is 0 Å². The summed E-state index contributed by atoms with van der Waals surface area (Å²) in [5.74, 6) is 0. The largest absolute Gasteiger partial charge is 0.313 e. The van der Waals surface area contributed by atoms with Gasteiger partial charge in [-0.15, -0.1) is 0 Å². The second-order valence-electron chi connectivity index (χ2n) is 6.62. The van der Waals surface area contributed by atoms with Crippen LogP contribution >= 0.6 is 15.9 Å². The molecule has 2 unspecified atom stereocenters. The zero-order chi connectivity index (χ0) is 13.5. The third kappa shape index (κ3) is 2.56. The Balaban J connectivity index is 1.55. The molecular formula is C17H23BrN2. The molecule has 1 aromatic carbocycles. The fourth-order valence-corrected chi connectivity index (χ4v) is 4.42. The summed E-state index contributed by atoms with van der Waals surface area (Å²) in [5, 5.41) is 3.68. The van der Waals surface area contributed by atoms with E-state index < -0.39 is 0 Å². The third-order valence-corrected chi connectivity index (χ3v) is 5.65. The number of benzene rings is 1. The lowest BCUT2D eigenvalue weighted by atomic mass is 10.1. The number of nitrogens with zero attached hydrogens (tertiary/aromatic N) is 1. The van der Waals surface area contributed by atoms with E-state index in [0.29, 0.717) is 6.04 Å². The minimum atomic E-state index is 0.674. The number of hydrogen-bond acceptors (Lipinski definition) is 2. The maximum atomic E-state index is 3.68. The molecule has 3 aliphatic rings. The van der Waals surface area contributed by atoms with Crippen molar-refractivity contribution in [3.63, 3.8) is 0 Å². The smallest absolute Gasteiger partial charge is 0.0357 e. The van der Waals surface area contributed by atoms with Crippen molar-refractivity contribution in [3.05, 3.63) is 33.8 Å². The van der Waals surface area contributed by atoms with Crippen LogP contribution in [0.5, 0.6) is 0 Å². The van der Waals surface area contributed by atoms with Crippen LogP contribution in [0.3, 0.4) is 0 Å². The van der Waals surface area contributed by atoms with Crippen LogP contribution in [0.15, 0.2) is 22.7 Å². The highest BCUT2D eigenvalue weighted by Gasteiger charge is 2.38. The van der Waals surface area contributed by atoms with Gasteiger partial charge in [0, 0.05) is 29.1 Å². The summed E-state index contributed by atoms with van der Waals surface area (Å²) < 4.78 is 1.23. The molecule has 4 rings (SSSR count). The fourth-order valence-electron chi connectivity index (χ4n) is 4.01. The molecule has 108 valence electrons. The summed E-state index contributed by atoms with van der Waals surface area (Å²) in [5.41, 5.74) is 3.16. The average molecular weight is 335 g/mol. The van der Waals surface area contributed by atoms with Gasteiger partial charge in [0.2, 0.25) is 0 Å². The maximum Gasteiger partial charge on any atom is 0.0357 e. The van der Waals surface area contributed by atoms with Gasteiger partial charge in [0.25, 0.3) is 0 Å². The van der Waals surface area contributed by atoms with E-state index in [2.05, 4.69) is 44.3 Å². The third-order valence-electron chi connectivity index (χ3n) is 5.16. The first-order chi connectivity index (χ1) is 9.81. The van der Waals surface area contributed by atoms with Gasteiger partial charge in [0.05, 0.1) is 0 Å². The molecule has 2 fully saturated rings. The minimum Gasteiger partial charge on any atom is -0.313 e. The monoisotopic (exact) mass is 334 g/mol. The number of hydrogen-bond donors (Lipinski definition) is 1. The van der Waals surface area contributed by atoms with Crippen molar-refractivity contribution in [2.24, 2.45) is 0 Å². The predicted octanol–water partition coefficient (Wildman–Crippen LogP) is 3.65. The van der Waals surface area contributed by atoms with Gasteiger partial charge in [-0.2, -0.15) is 0 Å². The summed E-state index contributed by atoms with van der Waals surface area (Å²) in [4.78, 5) is 2.82. The molecule has 1 heterocycles. The van der Waals surface area contributed by atoms with Crippen LogP contribution in [0.1, 0.15) is 49.3 Å². The standard InChI is InChI=1S/C17H23BrN2/c18-13-4-7-16-12(10-13)3-8-17(16)20(15-5-6-15)11-14-2-1-9-19-14/h4,7,10,14-15,17,19H,1-3,5-6,8-9,11H2. The highest BCUT2D eigenvalue weighted by Crippen LogP contribution is 2.42. The Hall–Kier alpha value is -0.380. The van der Waals surface area contributed by atoms with Crippen molar-refractivity contribution in [1.82, 2.24) is 10.2 Å². The molecule has 1 saturated carbocycles. The Labute approximate surface area is 130 Å². The Kier molecular flexibility index (Phi) is 3.61. The number of rotatable bonds is 4. The highest BCUT2D eigenvalue weighted by atomic mass is 79.9. The molecule has 0 radical (unpaired) electrons. The van der Waals surface area contributed by atoms with Crippen LogP contribution in [0.2, 0.25) is 0 Å². The quantitative estimate of drug-likeness (QED) is 0.904. The lowest BCUT2D eigenvalue weighted by molar-refractivity contribution is 0.170. The Morgan fingerprint density at radius 1 is 1.20 bits per heavy atom. The van der Waals surface area contributed by atoms with Gasteiger partial charge >= 0.3 is 0 Å². The summed E-state index contributed by atoms with van der Waals surface area (Å²) in [6.45, 7) is 2.47. The van der Waals surface area contributed by atoms with Crippen LogP contribution < -0.4 is 5.32 Å². The molecule has 1 aromatic rings. The van der Waals surface area contributed by atoms with Gasteiger partial charge < -0.3 is 5.32 Å². The Bertz CT molecular complexity index is 492. The molecule has 2 nitrogen and oxygen atoms in total. The van der Waals surface area contributed by atoms with E-state index in [4.69, 9.17) is 0 Å². The number of fused-ring (bicyclic) bond motifs is 1. The summed E-state index contributed by atoms with van der Waals surface area (Å²) in [7, 11) is 0. The van der Waals surface area contributed by atoms with E-state index in [0.717, 1.165) is 12.1 Å². The topological polar surface area (TPSA) is 15.3 Å². The Morgan fingerprint density at radius 3 is 2.85 bits per heavy atom. The lowest BCUT2D eigenvalue weighted by Crippen LogP contribution is -2.40. The fraction of sp³-hybridized carbons (Fsp3) is 0.647. The molecule has 0 spiro atoms. The van der Waals surface area contributed by atoms with E-state index >= 15 is 0 Å². The van der Waals surface area contributed by atoms with Crippen molar-refractivity contribution >= 4 is 15.9 Å². The first-order valence-electron chi connectivity index (χ1n) is 8.09. The zero-order valence-electron chi connectivity index (χ0n) is 11.9. The molecule has 0 bridgehead atoms. The van der Waals surface area contributed by atoms with Gasteiger partial charge in [-0.3, -0.25) is 4.90 Å². The molecule has 1 N–H and O–H groups in total. The molecule has 2 atom stereocenters. The van der Waals surface area contributed by atoms with Gasteiger partial charge in [0.15, 0.2) is 0 Å². The maximum absolute atomic E-state index is 3.68. The number of nitrogens with one attached hydrogen (secondary N) is 1. The molecule has 1 aliphatic heterocycles. The first kappa shape index (κ1) is 13.3. The van der Waals surface area contributed by atoms with Crippen molar-refractivity contribution in [1.29, 1.82) is 0 Å². The molecule has 0 aromatic heterocycles. The summed E-state index contributed by atoms with van der Waals surface area (Å²) >= 11 is 3.61. The summed E-state index contributed by atoms with van der Waals surface area (Å²) in [6.07, 6.45) is 8.11. The number of halogens is 1. The molecule has 3 heteroatoms. The molecule has 2 aliphatic carbocycles. The van der Waals surface area contributed by atoms with Crippen molar-refractivity contribution in [2.45, 2.75) is 56.7 Å². The second-order valence-corrected chi connectivity index (χ2v) is 7.53.